The number of carbonyl (C=O) groups is 1. The number of aliphatic hydroxyl groups excluding tert-OH is 3. The lowest BCUT2D eigenvalue weighted by atomic mass is 9.73. The number of ether oxygens (including phenoxy) is 1. The van der Waals surface area contributed by atoms with Crippen LogP contribution in [-0.4, -0.2) is 52.1 Å². The number of hydrogen-bond donors (Lipinski definition) is 3. The largest absolute Gasteiger partial charge is 0.394 e. The van der Waals surface area contributed by atoms with E-state index in [1.807, 2.05) is 6.08 Å². The average Bonchev–Trinajstić information content (AvgIpc) is 2.54. The Hall–Kier alpha value is -0.750. The molecule has 5 unspecified atom stereocenters. The minimum atomic E-state index is -1.12. The van der Waals surface area contributed by atoms with E-state index >= 15 is 0 Å². The molecule has 0 amide bonds. The predicted molar refractivity (Wildman–Crippen MR) is 86.8 cm³/mol. The topological polar surface area (TPSA) is 87.0 Å². The molecule has 1 fully saturated rings. The van der Waals surface area contributed by atoms with E-state index < -0.39 is 24.4 Å². The summed E-state index contributed by atoms with van der Waals surface area (Å²) in [6.45, 7) is 5.65. The molecular formula is C18H30O5. The number of hydrogen-bond acceptors (Lipinski definition) is 5. The summed E-state index contributed by atoms with van der Waals surface area (Å²) in [5.41, 5.74) is 0.612. The molecule has 1 aliphatic heterocycles. The van der Waals surface area contributed by atoms with Crippen molar-refractivity contribution in [2.75, 3.05) is 6.61 Å². The van der Waals surface area contributed by atoms with Crippen molar-refractivity contribution >= 4 is 5.78 Å². The van der Waals surface area contributed by atoms with Gasteiger partial charge < -0.3 is 20.1 Å². The van der Waals surface area contributed by atoms with Gasteiger partial charge in [0, 0.05) is 17.9 Å². The molecule has 0 radical (unpaired) electrons. The van der Waals surface area contributed by atoms with Crippen LogP contribution < -0.4 is 0 Å². The van der Waals surface area contributed by atoms with Crippen LogP contribution in [0.5, 0.6) is 0 Å². The van der Waals surface area contributed by atoms with Crippen molar-refractivity contribution in [2.45, 2.75) is 70.9 Å². The molecule has 23 heavy (non-hydrogen) atoms. The first-order valence-electron chi connectivity index (χ1n) is 8.81. The highest BCUT2D eigenvalue weighted by molar-refractivity contribution is 5.97. The molecule has 132 valence electrons. The SMILES string of the molecule is CCC[C@H]1CC(=O)C(C2OC(CO)C(O)C(O)C2C)=C[C@H]1CC. The quantitative estimate of drug-likeness (QED) is 0.712. The van der Waals surface area contributed by atoms with E-state index in [0.717, 1.165) is 19.3 Å². The highest BCUT2D eigenvalue weighted by atomic mass is 16.5. The molecule has 0 aromatic rings. The van der Waals surface area contributed by atoms with Crippen molar-refractivity contribution in [3.05, 3.63) is 11.6 Å². The molecule has 1 aliphatic carbocycles. The Morgan fingerprint density at radius 1 is 1.26 bits per heavy atom. The predicted octanol–water partition coefficient (Wildman–Crippen LogP) is 1.45. The van der Waals surface area contributed by atoms with Crippen molar-refractivity contribution in [2.24, 2.45) is 17.8 Å². The number of carbonyl (C=O) groups excluding carboxylic acids is 1. The molecule has 0 aromatic heterocycles. The van der Waals surface area contributed by atoms with Crippen LogP contribution in [0.3, 0.4) is 0 Å². The lowest BCUT2D eigenvalue weighted by Gasteiger charge is -2.43. The molecule has 1 heterocycles. The van der Waals surface area contributed by atoms with Crippen LogP contribution >= 0.6 is 0 Å². The standard InChI is InChI=1S/C18H30O5/c1-4-6-12-8-14(20)13(7-11(12)5-2)18-10(3)16(21)17(22)15(9-19)23-18/h7,10-12,15-19,21-22H,4-6,8-9H2,1-3H3/t10?,11-,12+,15?,16?,17?,18?/m1/s1. The van der Waals surface area contributed by atoms with E-state index in [-0.39, 0.29) is 18.3 Å². The molecule has 0 spiro atoms. The van der Waals surface area contributed by atoms with Crippen molar-refractivity contribution < 1.29 is 24.9 Å². The lowest BCUT2D eigenvalue weighted by Crippen LogP contribution is -2.56. The molecule has 0 saturated carbocycles. The number of ketones is 1. The fourth-order valence-electron chi connectivity index (χ4n) is 3.97. The summed E-state index contributed by atoms with van der Waals surface area (Å²) in [6, 6.07) is 0. The Balaban J connectivity index is 2.26. The first kappa shape index (κ1) is 18.6. The van der Waals surface area contributed by atoms with Crippen LogP contribution in [0.15, 0.2) is 11.6 Å². The summed E-state index contributed by atoms with van der Waals surface area (Å²) in [4.78, 5) is 12.6. The van der Waals surface area contributed by atoms with Crippen LogP contribution in [0.25, 0.3) is 0 Å². The van der Waals surface area contributed by atoms with E-state index in [1.54, 1.807) is 6.92 Å². The van der Waals surface area contributed by atoms with Gasteiger partial charge in [-0.05, 0) is 24.7 Å². The van der Waals surface area contributed by atoms with Gasteiger partial charge in [-0.3, -0.25) is 4.79 Å². The maximum absolute atomic E-state index is 12.6. The Morgan fingerprint density at radius 3 is 2.52 bits per heavy atom. The molecule has 7 atom stereocenters. The van der Waals surface area contributed by atoms with Gasteiger partial charge in [-0.25, -0.2) is 0 Å². The molecular weight excluding hydrogens is 296 g/mol. The van der Waals surface area contributed by atoms with Gasteiger partial charge in [0.15, 0.2) is 5.78 Å². The highest BCUT2D eigenvalue weighted by Crippen LogP contribution is 2.38. The van der Waals surface area contributed by atoms with Crippen molar-refractivity contribution in [1.29, 1.82) is 0 Å². The van der Waals surface area contributed by atoms with E-state index in [9.17, 15) is 20.1 Å². The molecule has 0 bridgehead atoms. The third-order valence-corrected chi connectivity index (χ3v) is 5.45. The van der Waals surface area contributed by atoms with Gasteiger partial charge in [0.05, 0.1) is 18.8 Å². The van der Waals surface area contributed by atoms with Gasteiger partial charge >= 0.3 is 0 Å². The second-order valence-electron chi connectivity index (χ2n) is 6.99. The first-order valence-corrected chi connectivity index (χ1v) is 8.81. The Morgan fingerprint density at radius 2 is 1.96 bits per heavy atom. The second kappa shape index (κ2) is 7.88. The fourth-order valence-corrected chi connectivity index (χ4v) is 3.97. The number of aliphatic hydroxyl groups is 3. The van der Waals surface area contributed by atoms with Gasteiger partial charge in [-0.1, -0.05) is 33.3 Å². The summed E-state index contributed by atoms with van der Waals surface area (Å²) in [5.74, 6) is 0.410. The maximum atomic E-state index is 12.6. The zero-order valence-electron chi connectivity index (χ0n) is 14.3. The molecule has 5 heteroatoms. The fraction of sp³-hybridized carbons (Fsp3) is 0.833. The van der Waals surface area contributed by atoms with E-state index in [0.29, 0.717) is 23.8 Å². The summed E-state index contributed by atoms with van der Waals surface area (Å²) < 4.78 is 5.78. The normalized spacial score (nSPS) is 41.7. The monoisotopic (exact) mass is 326 g/mol. The van der Waals surface area contributed by atoms with Crippen LogP contribution in [0.4, 0.5) is 0 Å². The van der Waals surface area contributed by atoms with E-state index in [4.69, 9.17) is 4.74 Å². The summed E-state index contributed by atoms with van der Waals surface area (Å²) in [6.07, 6.45) is 2.06. The summed E-state index contributed by atoms with van der Waals surface area (Å²) in [7, 11) is 0. The third kappa shape index (κ3) is 3.68. The first-order chi connectivity index (χ1) is 10.9. The maximum Gasteiger partial charge on any atom is 0.161 e. The molecule has 5 nitrogen and oxygen atoms in total. The highest BCUT2D eigenvalue weighted by Gasteiger charge is 2.45. The van der Waals surface area contributed by atoms with Crippen molar-refractivity contribution in [3.63, 3.8) is 0 Å². The Bertz CT molecular complexity index is 445. The Labute approximate surface area is 138 Å². The van der Waals surface area contributed by atoms with Crippen LogP contribution in [0, 0.1) is 17.8 Å². The zero-order chi connectivity index (χ0) is 17.1. The molecule has 3 N–H and O–H groups in total. The van der Waals surface area contributed by atoms with Gasteiger partial charge in [0.2, 0.25) is 0 Å². The Kier molecular flexibility index (Phi) is 6.37. The lowest BCUT2D eigenvalue weighted by molar-refractivity contribution is -0.196. The number of rotatable bonds is 5. The smallest absolute Gasteiger partial charge is 0.161 e. The van der Waals surface area contributed by atoms with E-state index in [1.165, 1.54) is 0 Å². The van der Waals surface area contributed by atoms with Gasteiger partial charge in [-0.15, -0.1) is 0 Å². The van der Waals surface area contributed by atoms with Crippen molar-refractivity contribution in [3.8, 4) is 0 Å². The number of Topliss-reactive ketones (excluding diaryl/α,β-unsaturated/α-hetero) is 1. The molecule has 2 aliphatic rings. The van der Waals surface area contributed by atoms with Crippen molar-refractivity contribution in [1.82, 2.24) is 0 Å². The van der Waals surface area contributed by atoms with E-state index in [2.05, 4.69) is 13.8 Å². The van der Waals surface area contributed by atoms with Gasteiger partial charge in [0.25, 0.3) is 0 Å². The van der Waals surface area contributed by atoms with Crippen LogP contribution in [0.2, 0.25) is 0 Å². The van der Waals surface area contributed by atoms with Crippen LogP contribution in [-0.2, 0) is 9.53 Å². The minimum Gasteiger partial charge on any atom is -0.394 e. The molecule has 1 saturated heterocycles. The third-order valence-electron chi connectivity index (χ3n) is 5.45. The van der Waals surface area contributed by atoms with Crippen LogP contribution in [0.1, 0.15) is 46.5 Å². The molecule has 2 rings (SSSR count). The van der Waals surface area contributed by atoms with Gasteiger partial charge in [-0.2, -0.15) is 0 Å². The van der Waals surface area contributed by atoms with Gasteiger partial charge in [0.1, 0.15) is 12.2 Å². The second-order valence-corrected chi connectivity index (χ2v) is 6.99. The molecule has 0 aromatic carbocycles. The average molecular weight is 326 g/mol. The summed E-state index contributed by atoms with van der Waals surface area (Å²) in [5, 5.41) is 29.5. The zero-order valence-corrected chi connectivity index (χ0v) is 14.3. The number of allylic oxidation sites excluding steroid dienone is 1. The minimum absolute atomic E-state index is 0.0743. The summed E-state index contributed by atoms with van der Waals surface area (Å²) >= 11 is 0.